The van der Waals surface area contributed by atoms with E-state index in [1.54, 1.807) is 0 Å². The molecule has 3 nitrogen and oxygen atoms in total. The van der Waals surface area contributed by atoms with Gasteiger partial charge in [-0.05, 0) is 43.7 Å². The maximum absolute atomic E-state index is 4.58. The number of H-pyrrole nitrogens is 1. The van der Waals surface area contributed by atoms with Gasteiger partial charge in [-0.15, -0.1) is 0 Å². The SMILES string of the molecule is Cc1ccc2nc(-c3ccnc(C)c3)[nH]c2c1. The Kier molecular flexibility index (Phi) is 2.18. The van der Waals surface area contributed by atoms with Crippen molar-refractivity contribution in [3.05, 3.63) is 47.8 Å². The average molecular weight is 223 g/mol. The van der Waals surface area contributed by atoms with Gasteiger partial charge in [0.25, 0.3) is 0 Å². The van der Waals surface area contributed by atoms with Crippen LogP contribution in [0.15, 0.2) is 36.5 Å². The number of rotatable bonds is 1. The highest BCUT2D eigenvalue weighted by molar-refractivity contribution is 5.79. The van der Waals surface area contributed by atoms with Gasteiger partial charge in [0.2, 0.25) is 0 Å². The maximum atomic E-state index is 4.58. The molecular weight excluding hydrogens is 210 g/mol. The summed E-state index contributed by atoms with van der Waals surface area (Å²) in [7, 11) is 0. The Morgan fingerprint density at radius 2 is 1.94 bits per heavy atom. The number of hydrogen-bond donors (Lipinski definition) is 1. The molecule has 2 heterocycles. The zero-order valence-corrected chi connectivity index (χ0v) is 9.86. The van der Waals surface area contributed by atoms with Crippen molar-refractivity contribution in [3.63, 3.8) is 0 Å². The second-order valence-corrected chi connectivity index (χ2v) is 4.29. The fourth-order valence-corrected chi connectivity index (χ4v) is 1.95. The van der Waals surface area contributed by atoms with E-state index in [9.17, 15) is 0 Å². The first kappa shape index (κ1) is 10.0. The number of imidazole rings is 1. The van der Waals surface area contributed by atoms with Crippen molar-refractivity contribution >= 4 is 11.0 Å². The zero-order valence-electron chi connectivity index (χ0n) is 9.86. The molecule has 0 atom stereocenters. The van der Waals surface area contributed by atoms with E-state index >= 15 is 0 Å². The third-order valence-corrected chi connectivity index (χ3v) is 2.81. The summed E-state index contributed by atoms with van der Waals surface area (Å²) in [6, 6.07) is 10.2. The maximum Gasteiger partial charge on any atom is 0.138 e. The van der Waals surface area contributed by atoms with Crippen LogP contribution in [0.5, 0.6) is 0 Å². The lowest BCUT2D eigenvalue weighted by Crippen LogP contribution is -1.84. The predicted octanol–water partition coefficient (Wildman–Crippen LogP) is 3.24. The van der Waals surface area contributed by atoms with Gasteiger partial charge in [0.05, 0.1) is 11.0 Å². The summed E-state index contributed by atoms with van der Waals surface area (Å²) in [5, 5.41) is 0. The van der Waals surface area contributed by atoms with Crippen LogP contribution in [0.25, 0.3) is 22.4 Å². The van der Waals surface area contributed by atoms with Crippen LogP contribution < -0.4 is 0 Å². The summed E-state index contributed by atoms with van der Waals surface area (Å²) in [5.41, 5.74) is 5.39. The summed E-state index contributed by atoms with van der Waals surface area (Å²) < 4.78 is 0. The lowest BCUT2D eigenvalue weighted by atomic mass is 10.2. The van der Waals surface area contributed by atoms with Gasteiger partial charge in [0.1, 0.15) is 5.82 Å². The smallest absolute Gasteiger partial charge is 0.138 e. The van der Waals surface area contributed by atoms with Gasteiger partial charge in [-0.3, -0.25) is 4.98 Å². The molecule has 3 aromatic rings. The number of benzene rings is 1. The molecule has 0 bridgehead atoms. The van der Waals surface area contributed by atoms with Crippen molar-refractivity contribution in [2.75, 3.05) is 0 Å². The third kappa shape index (κ3) is 1.80. The van der Waals surface area contributed by atoms with E-state index in [0.717, 1.165) is 28.1 Å². The summed E-state index contributed by atoms with van der Waals surface area (Å²) in [6.07, 6.45) is 1.81. The number of fused-ring (bicyclic) bond motifs is 1. The topological polar surface area (TPSA) is 41.6 Å². The number of aromatic nitrogens is 3. The molecule has 2 aromatic heterocycles. The van der Waals surface area contributed by atoms with E-state index < -0.39 is 0 Å². The molecule has 3 heteroatoms. The first-order chi connectivity index (χ1) is 8.22. The molecule has 0 fully saturated rings. The average Bonchev–Trinajstić information content (AvgIpc) is 2.72. The highest BCUT2D eigenvalue weighted by Crippen LogP contribution is 2.21. The van der Waals surface area contributed by atoms with E-state index in [0.29, 0.717) is 0 Å². The fourth-order valence-electron chi connectivity index (χ4n) is 1.95. The molecule has 17 heavy (non-hydrogen) atoms. The molecule has 0 saturated carbocycles. The molecule has 0 aliphatic rings. The number of hydrogen-bond acceptors (Lipinski definition) is 2. The minimum Gasteiger partial charge on any atom is -0.338 e. The van der Waals surface area contributed by atoms with Gasteiger partial charge in [-0.25, -0.2) is 4.98 Å². The largest absolute Gasteiger partial charge is 0.338 e. The number of nitrogens with zero attached hydrogens (tertiary/aromatic N) is 2. The molecular formula is C14H13N3. The normalized spacial score (nSPS) is 10.9. The van der Waals surface area contributed by atoms with Crippen molar-refractivity contribution in [1.82, 2.24) is 15.0 Å². The molecule has 0 amide bonds. The Labute approximate surface area is 99.5 Å². The second kappa shape index (κ2) is 3.70. The van der Waals surface area contributed by atoms with E-state index in [-0.39, 0.29) is 0 Å². The van der Waals surface area contributed by atoms with E-state index in [1.165, 1.54) is 5.56 Å². The van der Waals surface area contributed by atoms with Crippen molar-refractivity contribution in [3.8, 4) is 11.4 Å². The Morgan fingerprint density at radius 3 is 2.76 bits per heavy atom. The summed E-state index contributed by atoms with van der Waals surface area (Å²) in [4.78, 5) is 12.1. The molecule has 0 aliphatic carbocycles. The number of nitrogens with one attached hydrogen (secondary N) is 1. The van der Waals surface area contributed by atoms with Crippen molar-refractivity contribution < 1.29 is 0 Å². The molecule has 0 unspecified atom stereocenters. The van der Waals surface area contributed by atoms with Gasteiger partial charge in [0, 0.05) is 17.5 Å². The van der Waals surface area contributed by atoms with Crippen LogP contribution in [-0.2, 0) is 0 Å². The molecule has 1 aromatic carbocycles. The first-order valence-electron chi connectivity index (χ1n) is 5.62. The molecule has 0 radical (unpaired) electrons. The Hall–Kier alpha value is -2.16. The molecule has 0 spiro atoms. The van der Waals surface area contributed by atoms with Crippen LogP contribution in [0.2, 0.25) is 0 Å². The minimum atomic E-state index is 0.899. The quantitative estimate of drug-likeness (QED) is 0.688. The van der Waals surface area contributed by atoms with E-state index in [2.05, 4.69) is 34.0 Å². The van der Waals surface area contributed by atoms with Crippen LogP contribution in [0, 0.1) is 13.8 Å². The highest BCUT2D eigenvalue weighted by atomic mass is 14.9. The van der Waals surface area contributed by atoms with Crippen LogP contribution >= 0.6 is 0 Å². The van der Waals surface area contributed by atoms with Gasteiger partial charge >= 0.3 is 0 Å². The fraction of sp³-hybridized carbons (Fsp3) is 0.143. The lowest BCUT2D eigenvalue weighted by Gasteiger charge is -1.96. The van der Waals surface area contributed by atoms with Crippen molar-refractivity contribution in [1.29, 1.82) is 0 Å². The second-order valence-electron chi connectivity index (χ2n) is 4.29. The zero-order chi connectivity index (χ0) is 11.8. The van der Waals surface area contributed by atoms with Crippen molar-refractivity contribution in [2.24, 2.45) is 0 Å². The van der Waals surface area contributed by atoms with E-state index in [1.807, 2.05) is 31.3 Å². The van der Waals surface area contributed by atoms with Crippen molar-refractivity contribution in [2.45, 2.75) is 13.8 Å². The van der Waals surface area contributed by atoms with Gasteiger partial charge < -0.3 is 4.98 Å². The Balaban J connectivity index is 2.18. The van der Waals surface area contributed by atoms with E-state index in [4.69, 9.17) is 0 Å². The molecule has 0 saturated heterocycles. The highest BCUT2D eigenvalue weighted by Gasteiger charge is 2.05. The summed E-state index contributed by atoms with van der Waals surface area (Å²) in [6.45, 7) is 4.06. The molecule has 84 valence electrons. The van der Waals surface area contributed by atoms with Crippen LogP contribution in [0.1, 0.15) is 11.3 Å². The van der Waals surface area contributed by atoms with Crippen LogP contribution in [-0.4, -0.2) is 15.0 Å². The Bertz CT molecular complexity index is 683. The number of aromatic amines is 1. The number of pyridine rings is 1. The van der Waals surface area contributed by atoms with Crippen LogP contribution in [0.4, 0.5) is 0 Å². The van der Waals surface area contributed by atoms with Crippen LogP contribution in [0.3, 0.4) is 0 Å². The molecule has 0 aliphatic heterocycles. The monoisotopic (exact) mass is 223 g/mol. The van der Waals surface area contributed by atoms with Gasteiger partial charge in [0.15, 0.2) is 0 Å². The predicted molar refractivity (Wildman–Crippen MR) is 68.8 cm³/mol. The minimum absolute atomic E-state index is 0.899. The third-order valence-electron chi connectivity index (χ3n) is 2.81. The molecule has 1 N–H and O–H groups in total. The molecule has 3 rings (SSSR count). The number of aryl methyl sites for hydroxylation is 2. The summed E-state index contributed by atoms with van der Waals surface area (Å²) >= 11 is 0. The lowest BCUT2D eigenvalue weighted by molar-refractivity contribution is 1.19. The van der Waals surface area contributed by atoms with Gasteiger partial charge in [-0.2, -0.15) is 0 Å². The first-order valence-corrected chi connectivity index (χ1v) is 5.62. The summed E-state index contributed by atoms with van der Waals surface area (Å²) in [5.74, 6) is 0.899. The standard InChI is InChI=1S/C14H13N3/c1-9-3-4-12-13(7-9)17-14(16-12)11-5-6-15-10(2)8-11/h3-8H,1-2H3,(H,16,17). The Morgan fingerprint density at radius 1 is 1.06 bits per heavy atom. The van der Waals surface area contributed by atoms with Gasteiger partial charge in [-0.1, -0.05) is 6.07 Å².